The molecule has 1 unspecified atom stereocenters. The molecule has 1 aliphatic rings. The van der Waals surface area contributed by atoms with Crippen LogP contribution in [0.2, 0.25) is 0 Å². The quantitative estimate of drug-likeness (QED) is 0.581. The van der Waals surface area contributed by atoms with Gasteiger partial charge in [0.15, 0.2) is 5.65 Å². The normalized spacial score (nSPS) is 16.1. The first kappa shape index (κ1) is 25.3. The van der Waals surface area contributed by atoms with Crippen LogP contribution in [0.5, 0.6) is 0 Å². The third-order valence-electron chi connectivity index (χ3n) is 6.32. The fourth-order valence-corrected chi connectivity index (χ4v) is 4.76. The fourth-order valence-electron chi connectivity index (χ4n) is 4.76. The molecule has 1 atom stereocenters. The molecule has 0 radical (unpaired) electrons. The van der Waals surface area contributed by atoms with Gasteiger partial charge in [-0.1, -0.05) is 18.2 Å². The van der Waals surface area contributed by atoms with Gasteiger partial charge in [-0.2, -0.15) is 5.26 Å². The van der Waals surface area contributed by atoms with Gasteiger partial charge in [-0.15, -0.1) is 0 Å². The van der Waals surface area contributed by atoms with Gasteiger partial charge in [0.1, 0.15) is 11.6 Å². The summed E-state index contributed by atoms with van der Waals surface area (Å²) in [7, 11) is 0. The van der Waals surface area contributed by atoms with Crippen molar-refractivity contribution < 1.29 is 9.53 Å². The molecule has 1 aliphatic heterocycles. The number of aryl methyl sites for hydroxylation is 2. The van der Waals surface area contributed by atoms with E-state index in [1.54, 1.807) is 15.2 Å². The Morgan fingerprint density at radius 3 is 2.72 bits per heavy atom. The summed E-state index contributed by atoms with van der Waals surface area (Å²) in [5.74, 6) is 0. The number of anilines is 1. The number of ether oxygens (including phenoxy) is 1. The number of carbonyl (C=O) groups excluding carboxylic acids is 1. The van der Waals surface area contributed by atoms with Crippen LogP contribution in [0, 0.1) is 18.3 Å². The molecule has 3 aromatic rings. The first-order valence-electron chi connectivity index (χ1n) is 12.4. The van der Waals surface area contributed by atoms with Crippen molar-refractivity contribution in [2.45, 2.75) is 72.2 Å². The highest BCUT2D eigenvalue weighted by molar-refractivity contribution is 5.87. The van der Waals surface area contributed by atoms with Crippen molar-refractivity contribution in [3.8, 4) is 6.07 Å². The fraction of sp³-hybridized carbons (Fsp3) is 0.481. The lowest BCUT2D eigenvalue weighted by Gasteiger charge is -2.35. The number of aromatic nitrogens is 3. The van der Waals surface area contributed by atoms with Crippen molar-refractivity contribution in [1.82, 2.24) is 19.4 Å². The van der Waals surface area contributed by atoms with Crippen LogP contribution in [0.3, 0.4) is 0 Å². The van der Waals surface area contributed by atoms with Crippen LogP contribution in [-0.2, 0) is 17.8 Å². The average Bonchev–Trinajstić information content (AvgIpc) is 3.08. The number of hydrogen-bond donors (Lipinski definition) is 1. The topological polar surface area (TPSA) is 105 Å². The molecule has 2 aromatic heterocycles. The van der Waals surface area contributed by atoms with Crippen molar-refractivity contribution in [3.63, 3.8) is 0 Å². The van der Waals surface area contributed by atoms with Crippen LogP contribution < -0.4 is 15.9 Å². The Morgan fingerprint density at radius 2 is 2.03 bits per heavy atom. The molecule has 9 heteroatoms. The van der Waals surface area contributed by atoms with E-state index < -0.39 is 6.09 Å². The number of nitriles is 1. The zero-order valence-electron chi connectivity index (χ0n) is 21.7. The van der Waals surface area contributed by atoms with Crippen molar-refractivity contribution in [1.29, 1.82) is 5.26 Å². The Labute approximate surface area is 211 Å². The Kier molecular flexibility index (Phi) is 7.07. The lowest BCUT2D eigenvalue weighted by atomic mass is 10.1. The minimum absolute atomic E-state index is 0.158. The number of nitrogens with one attached hydrogen (secondary N) is 1. The van der Waals surface area contributed by atoms with E-state index in [4.69, 9.17) is 9.72 Å². The Morgan fingerprint density at radius 1 is 1.28 bits per heavy atom. The summed E-state index contributed by atoms with van der Waals surface area (Å²) in [6.07, 6.45) is 0.941. The van der Waals surface area contributed by atoms with Crippen LogP contribution in [0.25, 0.3) is 11.2 Å². The van der Waals surface area contributed by atoms with Crippen molar-refractivity contribution >= 4 is 22.9 Å². The second-order valence-electron chi connectivity index (χ2n) is 10.3. The summed E-state index contributed by atoms with van der Waals surface area (Å²) >= 11 is 0. The molecule has 36 heavy (non-hydrogen) atoms. The van der Waals surface area contributed by atoms with E-state index in [1.165, 1.54) is 0 Å². The van der Waals surface area contributed by atoms with Gasteiger partial charge >= 0.3 is 11.8 Å². The predicted molar refractivity (Wildman–Crippen MR) is 139 cm³/mol. The van der Waals surface area contributed by atoms with Crippen molar-refractivity contribution in [2.24, 2.45) is 0 Å². The van der Waals surface area contributed by atoms with Gasteiger partial charge in [0.05, 0.1) is 30.4 Å². The third kappa shape index (κ3) is 5.23. The highest BCUT2D eigenvalue weighted by Gasteiger charge is 2.28. The summed E-state index contributed by atoms with van der Waals surface area (Å²) in [6.45, 7) is 11.7. The number of carbonyl (C=O) groups is 1. The van der Waals surface area contributed by atoms with Crippen molar-refractivity contribution in [2.75, 3.05) is 18.0 Å². The van der Waals surface area contributed by atoms with Gasteiger partial charge in [-0.3, -0.25) is 9.13 Å². The zero-order chi connectivity index (χ0) is 26.0. The number of piperidine rings is 1. The molecule has 0 aliphatic carbocycles. The number of nitrogens with zero attached hydrogens (tertiary/aromatic N) is 5. The first-order valence-corrected chi connectivity index (χ1v) is 12.4. The zero-order valence-corrected chi connectivity index (χ0v) is 21.7. The summed E-state index contributed by atoms with van der Waals surface area (Å²) in [5.41, 5.74) is 3.85. The maximum absolute atomic E-state index is 13.5. The summed E-state index contributed by atoms with van der Waals surface area (Å²) in [6, 6.07) is 11.6. The maximum Gasteiger partial charge on any atom is 0.407 e. The molecule has 9 nitrogen and oxygen atoms in total. The highest BCUT2D eigenvalue weighted by Crippen LogP contribution is 2.30. The molecule has 4 rings (SSSR count). The lowest BCUT2D eigenvalue weighted by Crippen LogP contribution is -2.46. The monoisotopic (exact) mass is 490 g/mol. The number of imidazole rings is 1. The molecule has 0 saturated carbocycles. The highest BCUT2D eigenvalue weighted by atomic mass is 16.6. The molecule has 0 spiro atoms. The van der Waals surface area contributed by atoms with Crippen LogP contribution in [0.15, 0.2) is 35.1 Å². The number of fused-ring (bicyclic) bond motifs is 1. The van der Waals surface area contributed by atoms with Crippen LogP contribution in [-0.4, -0.2) is 44.9 Å². The SMILES string of the molecule is CCn1c(=O)n(Cc2ccccc2C#N)c2c(N3CCCC(OC(=O)NC(C)(C)C)C3)cc(C)nc21. The van der Waals surface area contributed by atoms with E-state index in [0.717, 1.165) is 41.8 Å². The minimum atomic E-state index is -0.424. The number of amides is 1. The van der Waals surface area contributed by atoms with Gasteiger partial charge in [-0.25, -0.2) is 14.6 Å². The van der Waals surface area contributed by atoms with Crippen LogP contribution >= 0.6 is 0 Å². The maximum atomic E-state index is 13.5. The van der Waals surface area contributed by atoms with Gasteiger partial charge in [0, 0.05) is 24.3 Å². The molecule has 190 valence electrons. The van der Waals surface area contributed by atoms with E-state index in [2.05, 4.69) is 16.3 Å². The molecule has 1 amide bonds. The van der Waals surface area contributed by atoms with Crippen LogP contribution in [0.4, 0.5) is 10.5 Å². The number of hydrogen-bond acceptors (Lipinski definition) is 6. The molecule has 1 saturated heterocycles. The molecule has 1 aromatic carbocycles. The van der Waals surface area contributed by atoms with E-state index >= 15 is 0 Å². The predicted octanol–water partition coefficient (Wildman–Crippen LogP) is 3.94. The average molecular weight is 491 g/mol. The summed E-state index contributed by atoms with van der Waals surface area (Å²) in [4.78, 5) is 32.8. The van der Waals surface area contributed by atoms with E-state index in [0.29, 0.717) is 24.3 Å². The second kappa shape index (κ2) is 10.1. The molecule has 1 fully saturated rings. The molecular formula is C27H34N6O3. The van der Waals surface area contributed by atoms with E-state index in [9.17, 15) is 14.9 Å². The number of rotatable bonds is 5. The Balaban J connectivity index is 1.75. The number of alkyl carbamates (subject to hydrolysis) is 1. The second-order valence-corrected chi connectivity index (χ2v) is 10.3. The first-order chi connectivity index (χ1) is 17.1. The molecule has 1 N–H and O–H groups in total. The van der Waals surface area contributed by atoms with Crippen LogP contribution in [0.1, 0.15) is 57.4 Å². The van der Waals surface area contributed by atoms with Gasteiger partial charge in [0.25, 0.3) is 0 Å². The van der Waals surface area contributed by atoms with Crippen molar-refractivity contribution in [3.05, 3.63) is 57.6 Å². The summed E-state index contributed by atoms with van der Waals surface area (Å²) in [5, 5.41) is 12.4. The lowest BCUT2D eigenvalue weighted by molar-refractivity contribution is 0.0826. The van der Waals surface area contributed by atoms with Gasteiger partial charge < -0.3 is 15.0 Å². The number of pyridine rings is 1. The molecular weight excluding hydrogens is 456 g/mol. The third-order valence-corrected chi connectivity index (χ3v) is 6.32. The largest absolute Gasteiger partial charge is 0.444 e. The Bertz CT molecular complexity index is 1380. The van der Waals surface area contributed by atoms with E-state index in [-0.39, 0.29) is 23.9 Å². The standard InChI is InChI=1S/C27H34N6O3/c1-6-32-24-23(33(26(32)35)16-20-11-8-7-10-19(20)15-28)22(14-18(2)29-24)31-13-9-12-21(17-31)36-25(34)30-27(3,4)5/h7-8,10-11,14,21H,6,9,12-13,16-17H2,1-5H3,(H,30,34). The van der Waals surface area contributed by atoms with E-state index in [1.807, 2.05) is 58.9 Å². The minimum Gasteiger partial charge on any atom is -0.444 e. The smallest absolute Gasteiger partial charge is 0.407 e. The molecule has 0 bridgehead atoms. The molecule has 3 heterocycles. The summed E-state index contributed by atoms with van der Waals surface area (Å²) < 4.78 is 9.14. The Hall–Kier alpha value is -3.80. The van der Waals surface area contributed by atoms with Gasteiger partial charge in [-0.05, 0) is 65.2 Å². The van der Waals surface area contributed by atoms with Gasteiger partial charge in [0.2, 0.25) is 0 Å². The number of benzene rings is 1.